The first-order chi connectivity index (χ1) is 9.71. The van der Waals surface area contributed by atoms with Gasteiger partial charge in [0.25, 0.3) is 0 Å². The number of aromatic nitrogens is 1. The summed E-state index contributed by atoms with van der Waals surface area (Å²) in [6, 6.07) is -0.794. The van der Waals surface area contributed by atoms with E-state index in [-0.39, 0.29) is 25.7 Å². The van der Waals surface area contributed by atoms with Crippen LogP contribution in [0.25, 0.3) is 0 Å². The van der Waals surface area contributed by atoms with E-state index in [0.717, 1.165) is 0 Å². The molecule has 2 rings (SSSR count). The number of aliphatic hydroxyl groups excluding tert-OH is 1. The highest BCUT2D eigenvalue weighted by molar-refractivity contribution is 5.33. The number of nitrogens with zero attached hydrogens (tertiary/aromatic N) is 2. The Morgan fingerprint density at radius 3 is 2.67 bits per heavy atom. The van der Waals surface area contributed by atoms with E-state index in [9.17, 15) is 33.2 Å². The number of halogens is 3. The zero-order chi connectivity index (χ0) is 15.8. The van der Waals surface area contributed by atoms with Crippen LogP contribution in [0.3, 0.4) is 0 Å². The molecule has 0 saturated carbocycles. The third-order valence-electron chi connectivity index (χ3n) is 3.20. The van der Waals surface area contributed by atoms with Crippen LogP contribution in [0.2, 0.25) is 0 Å². The Morgan fingerprint density at radius 1 is 1.48 bits per heavy atom. The normalized spacial score (nSPS) is 23.0. The molecule has 1 N–H and O–H groups in total. The van der Waals surface area contributed by atoms with Crippen LogP contribution in [0, 0.1) is 10.1 Å². The van der Waals surface area contributed by atoms with Crippen molar-refractivity contribution in [2.75, 3.05) is 13.2 Å². The first-order valence-electron chi connectivity index (χ1n) is 5.95. The van der Waals surface area contributed by atoms with E-state index < -0.39 is 40.1 Å². The lowest BCUT2D eigenvalue weighted by atomic mass is 10.1. The standard InChI is InChI=1S/C11H11F3N2O5/c12-11(13,14)6-3-8(16(19)20)10(18)15(4-6)7-1-2-21-5-9(7)17/h3-4,7,9,17H,1-2,5H2/t7?,9-/m1/s1. The van der Waals surface area contributed by atoms with E-state index in [4.69, 9.17) is 4.74 Å². The quantitative estimate of drug-likeness (QED) is 0.652. The molecular weight excluding hydrogens is 297 g/mol. The molecule has 1 aliphatic heterocycles. The molecule has 116 valence electrons. The molecule has 1 aliphatic rings. The molecule has 2 atom stereocenters. The van der Waals surface area contributed by atoms with Gasteiger partial charge in [0.15, 0.2) is 0 Å². The second-order valence-electron chi connectivity index (χ2n) is 4.58. The average molecular weight is 308 g/mol. The van der Waals surface area contributed by atoms with Crippen molar-refractivity contribution in [1.29, 1.82) is 0 Å². The van der Waals surface area contributed by atoms with Crippen molar-refractivity contribution < 1.29 is 27.9 Å². The number of rotatable bonds is 2. The van der Waals surface area contributed by atoms with Crippen molar-refractivity contribution in [3.8, 4) is 0 Å². The molecule has 7 nitrogen and oxygen atoms in total. The van der Waals surface area contributed by atoms with Gasteiger partial charge in [0.05, 0.1) is 29.2 Å². The molecule has 0 radical (unpaired) electrons. The van der Waals surface area contributed by atoms with Crippen molar-refractivity contribution in [2.24, 2.45) is 0 Å². The Balaban J connectivity index is 2.61. The van der Waals surface area contributed by atoms with Gasteiger partial charge in [-0.2, -0.15) is 13.2 Å². The Morgan fingerprint density at radius 2 is 2.14 bits per heavy atom. The summed E-state index contributed by atoms with van der Waals surface area (Å²) in [5.41, 5.74) is -3.67. The minimum atomic E-state index is -4.84. The Hall–Kier alpha value is -1.94. The van der Waals surface area contributed by atoms with Gasteiger partial charge in [0.1, 0.15) is 0 Å². The van der Waals surface area contributed by atoms with E-state index in [1.165, 1.54) is 0 Å². The Kier molecular flexibility index (Phi) is 4.01. The zero-order valence-electron chi connectivity index (χ0n) is 10.5. The molecule has 2 heterocycles. The van der Waals surface area contributed by atoms with Crippen LogP contribution in [0.5, 0.6) is 0 Å². The second-order valence-corrected chi connectivity index (χ2v) is 4.58. The highest BCUT2D eigenvalue weighted by Gasteiger charge is 2.36. The molecule has 21 heavy (non-hydrogen) atoms. The summed E-state index contributed by atoms with van der Waals surface area (Å²) in [6.45, 7) is -0.0145. The van der Waals surface area contributed by atoms with Gasteiger partial charge < -0.3 is 14.4 Å². The van der Waals surface area contributed by atoms with Crippen LogP contribution in [-0.4, -0.2) is 33.9 Å². The van der Waals surface area contributed by atoms with Gasteiger partial charge in [-0.15, -0.1) is 0 Å². The van der Waals surface area contributed by atoms with Gasteiger partial charge >= 0.3 is 17.4 Å². The van der Waals surface area contributed by atoms with Crippen molar-refractivity contribution in [1.82, 2.24) is 4.57 Å². The maximum absolute atomic E-state index is 12.8. The Labute approximate surface area is 115 Å². The largest absolute Gasteiger partial charge is 0.418 e. The molecule has 0 aromatic carbocycles. The smallest absolute Gasteiger partial charge is 0.389 e. The average Bonchev–Trinajstić information content (AvgIpc) is 2.38. The van der Waals surface area contributed by atoms with Crippen LogP contribution < -0.4 is 5.56 Å². The summed E-state index contributed by atoms with van der Waals surface area (Å²) in [5, 5.41) is 20.5. The number of alkyl halides is 3. The first-order valence-corrected chi connectivity index (χ1v) is 5.95. The molecule has 0 bridgehead atoms. The lowest BCUT2D eigenvalue weighted by Crippen LogP contribution is -2.39. The summed E-state index contributed by atoms with van der Waals surface area (Å²) in [4.78, 5) is 21.5. The van der Waals surface area contributed by atoms with Crippen molar-refractivity contribution in [3.05, 3.63) is 38.3 Å². The number of hydrogen-bond acceptors (Lipinski definition) is 5. The Bertz CT molecular complexity index is 613. The van der Waals surface area contributed by atoms with Crippen LogP contribution in [-0.2, 0) is 10.9 Å². The van der Waals surface area contributed by atoms with Crippen LogP contribution in [0.4, 0.5) is 18.9 Å². The van der Waals surface area contributed by atoms with Gasteiger partial charge in [-0.1, -0.05) is 0 Å². The molecule has 1 fully saturated rings. The lowest BCUT2D eigenvalue weighted by molar-refractivity contribution is -0.386. The summed E-state index contributed by atoms with van der Waals surface area (Å²) in [7, 11) is 0. The van der Waals surface area contributed by atoms with Crippen molar-refractivity contribution in [2.45, 2.75) is 24.7 Å². The summed E-state index contributed by atoms with van der Waals surface area (Å²) in [6.07, 6.45) is -5.47. The van der Waals surface area contributed by atoms with Crippen molar-refractivity contribution >= 4 is 5.69 Å². The highest BCUT2D eigenvalue weighted by atomic mass is 19.4. The third-order valence-corrected chi connectivity index (χ3v) is 3.20. The zero-order valence-corrected chi connectivity index (χ0v) is 10.5. The predicted octanol–water partition coefficient (Wildman–Crippen LogP) is 1.10. The molecule has 10 heteroatoms. The monoisotopic (exact) mass is 308 g/mol. The SMILES string of the molecule is O=c1c([N+](=O)[O-])cc(C(F)(F)F)cn1C1CCOC[C@H]1O. The third kappa shape index (κ3) is 3.05. The van der Waals surface area contributed by atoms with Crippen LogP contribution in [0.15, 0.2) is 17.1 Å². The van der Waals surface area contributed by atoms with Gasteiger partial charge in [-0.05, 0) is 6.42 Å². The molecule has 1 unspecified atom stereocenters. The fourth-order valence-electron chi connectivity index (χ4n) is 2.16. The number of ether oxygens (including phenoxy) is 1. The highest BCUT2D eigenvalue weighted by Crippen LogP contribution is 2.31. The number of hydrogen-bond donors (Lipinski definition) is 1. The number of aliphatic hydroxyl groups is 1. The molecular formula is C11H11F3N2O5. The fourth-order valence-corrected chi connectivity index (χ4v) is 2.16. The minimum Gasteiger partial charge on any atom is -0.389 e. The number of pyridine rings is 1. The molecule has 0 aliphatic carbocycles. The summed E-state index contributed by atoms with van der Waals surface area (Å²) >= 11 is 0. The molecule has 0 amide bonds. The minimum absolute atomic E-state index is 0.0829. The maximum Gasteiger partial charge on any atom is 0.418 e. The molecule has 1 saturated heterocycles. The van der Waals surface area contributed by atoms with E-state index in [1.54, 1.807) is 0 Å². The summed E-state index contributed by atoms with van der Waals surface area (Å²) < 4.78 is 43.9. The van der Waals surface area contributed by atoms with Gasteiger partial charge in [0, 0.05) is 18.9 Å². The molecule has 1 aromatic heterocycles. The van der Waals surface area contributed by atoms with E-state index >= 15 is 0 Å². The van der Waals surface area contributed by atoms with Gasteiger partial charge in [-0.3, -0.25) is 14.9 Å². The van der Waals surface area contributed by atoms with Crippen LogP contribution in [0.1, 0.15) is 18.0 Å². The summed E-state index contributed by atoms with van der Waals surface area (Å²) in [5.74, 6) is 0. The molecule has 1 aromatic rings. The maximum atomic E-state index is 12.8. The topological polar surface area (TPSA) is 94.6 Å². The van der Waals surface area contributed by atoms with Gasteiger partial charge in [-0.25, -0.2) is 0 Å². The second kappa shape index (κ2) is 5.45. The van der Waals surface area contributed by atoms with E-state index in [0.29, 0.717) is 10.8 Å². The van der Waals surface area contributed by atoms with Crippen molar-refractivity contribution in [3.63, 3.8) is 0 Å². The van der Waals surface area contributed by atoms with E-state index in [1.807, 2.05) is 0 Å². The van der Waals surface area contributed by atoms with Gasteiger partial charge in [0.2, 0.25) is 0 Å². The first kappa shape index (κ1) is 15.4. The number of nitro groups is 1. The van der Waals surface area contributed by atoms with E-state index in [2.05, 4.69) is 0 Å². The lowest BCUT2D eigenvalue weighted by Gasteiger charge is -2.29. The fraction of sp³-hybridized carbons (Fsp3) is 0.545. The molecule has 0 spiro atoms. The predicted molar refractivity (Wildman–Crippen MR) is 62.8 cm³/mol. The van der Waals surface area contributed by atoms with Crippen LogP contribution >= 0.6 is 0 Å².